The van der Waals surface area contributed by atoms with E-state index in [4.69, 9.17) is 20.8 Å². The van der Waals surface area contributed by atoms with Crippen LogP contribution in [0.25, 0.3) is 0 Å². The van der Waals surface area contributed by atoms with E-state index in [0.717, 1.165) is 11.1 Å². The lowest BCUT2D eigenvalue weighted by molar-refractivity contribution is -0.119. The number of nitrogens with one attached hydrogen (secondary N) is 1. The van der Waals surface area contributed by atoms with Crippen LogP contribution in [0, 0.1) is 27.7 Å². The number of ether oxygens (including phenoxy) is 1. The van der Waals surface area contributed by atoms with Crippen LogP contribution in [0.15, 0.2) is 22.6 Å². The van der Waals surface area contributed by atoms with Gasteiger partial charge in [-0.05, 0) is 45.4 Å². The summed E-state index contributed by atoms with van der Waals surface area (Å²) in [5, 5.41) is 3.18. The van der Waals surface area contributed by atoms with E-state index in [1.165, 1.54) is 0 Å². The number of hydrogen-bond donors (Lipinski definition) is 1. The quantitative estimate of drug-likeness (QED) is 0.858. The highest BCUT2D eigenvalue weighted by Crippen LogP contribution is 2.22. The second-order valence-electron chi connectivity index (χ2n) is 5.30. The van der Waals surface area contributed by atoms with Crippen molar-refractivity contribution in [2.24, 2.45) is 0 Å². The Hall–Kier alpha value is -2.27. The molecule has 0 saturated heterocycles. The van der Waals surface area contributed by atoms with Gasteiger partial charge >= 0.3 is 5.97 Å². The molecule has 1 aromatic carbocycles. The summed E-state index contributed by atoms with van der Waals surface area (Å²) in [6, 6.07) is 5.17. The summed E-state index contributed by atoms with van der Waals surface area (Å²) in [4.78, 5) is 23.9. The third-order valence-electron chi connectivity index (χ3n) is 3.56. The monoisotopic (exact) mass is 335 g/mol. The van der Waals surface area contributed by atoms with Crippen molar-refractivity contribution in [3.8, 4) is 0 Å². The molecule has 0 fully saturated rings. The maximum Gasteiger partial charge on any atom is 0.342 e. The molecule has 0 spiro atoms. The zero-order valence-electron chi connectivity index (χ0n) is 13.5. The summed E-state index contributed by atoms with van der Waals surface area (Å²) in [5.41, 5.74) is 2.55. The minimum Gasteiger partial charge on any atom is -0.465 e. The summed E-state index contributed by atoms with van der Waals surface area (Å²) >= 11 is 5.99. The lowest BCUT2D eigenvalue weighted by atomic mass is 10.1. The first-order chi connectivity index (χ1) is 10.8. The average molecular weight is 336 g/mol. The maximum absolute atomic E-state index is 12.1. The first kappa shape index (κ1) is 17.1. The summed E-state index contributed by atoms with van der Waals surface area (Å²) in [6.07, 6.45) is 0. The van der Waals surface area contributed by atoms with Crippen LogP contribution in [0.3, 0.4) is 0 Å². The van der Waals surface area contributed by atoms with Gasteiger partial charge in [0.15, 0.2) is 6.61 Å². The lowest BCUT2D eigenvalue weighted by Gasteiger charge is -2.08. The molecular weight excluding hydrogens is 318 g/mol. The normalized spacial score (nSPS) is 10.5. The molecule has 1 heterocycles. The number of aryl methyl sites for hydroxylation is 3. The molecular formula is C17H18ClNO4. The zero-order chi connectivity index (χ0) is 17.1. The fraction of sp³-hybridized carbons (Fsp3) is 0.294. The number of amides is 1. The molecule has 1 aromatic heterocycles. The standard InChI is InChI=1S/C17H18ClNO4/c1-9-5-6-13(7-14(9)18)19-15(20)8-22-17(21)16-10(2)11(3)23-12(16)4/h5-7H,8H2,1-4H3,(H,19,20). The second kappa shape index (κ2) is 6.87. The van der Waals surface area contributed by atoms with Crippen LogP contribution in [-0.2, 0) is 9.53 Å². The third-order valence-corrected chi connectivity index (χ3v) is 3.96. The lowest BCUT2D eigenvalue weighted by Crippen LogP contribution is -2.21. The van der Waals surface area contributed by atoms with Gasteiger partial charge in [-0.25, -0.2) is 4.79 Å². The van der Waals surface area contributed by atoms with Crippen LogP contribution in [0.4, 0.5) is 5.69 Å². The fourth-order valence-corrected chi connectivity index (χ4v) is 2.35. The molecule has 0 atom stereocenters. The molecule has 23 heavy (non-hydrogen) atoms. The van der Waals surface area contributed by atoms with E-state index >= 15 is 0 Å². The van der Waals surface area contributed by atoms with Gasteiger partial charge in [-0.1, -0.05) is 17.7 Å². The number of carbonyl (C=O) groups is 2. The number of carbonyl (C=O) groups excluding carboxylic acids is 2. The largest absolute Gasteiger partial charge is 0.465 e. The highest BCUT2D eigenvalue weighted by molar-refractivity contribution is 6.31. The Labute approximate surface area is 139 Å². The van der Waals surface area contributed by atoms with Crippen molar-refractivity contribution in [2.45, 2.75) is 27.7 Å². The van der Waals surface area contributed by atoms with Crippen molar-refractivity contribution in [1.29, 1.82) is 0 Å². The molecule has 0 aliphatic rings. The van der Waals surface area contributed by atoms with Crippen LogP contribution >= 0.6 is 11.6 Å². The first-order valence-electron chi connectivity index (χ1n) is 7.09. The van der Waals surface area contributed by atoms with E-state index in [-0.39, 0.29) is 6.61 Å². The van der Waals surface area contributed by atoms with Crippen molar-refractivity contribution in [3.63, 3.8) is 0 Å². The van der Waals surface area contributed by atoms with Gasteiger partial charge in [-0.3, -0.25) is 4.79 Å². The van der Waals surface area contributed by atoms with Crippen molar-refractivity contribution in [2.75, 3.05) is 11.9 Å². The Bertz CT molecular complexity index is 764. The topological polar surface area (TPSA) is 68.5 Å². The zero-order valence-corrected chi connectivity index (χ0v) is 14.2. The fourth-order valence-electron chi connectivity index (χ4n) is 2.17. The molecule has 0 saturated carbocycles. The van der Waals surface area contributed by atoms with Crippen molar-refractivity contribution >= 4 is 29.2 Å². The average Bonchev–Trinajstić information content (AvgIpc) is 2.73. The van der Waals surface area contributed by atoms with Gasteiger partial charge in [0.1, 0.15) is 17.1 Å². The van der Waals surface area contributed by atoms with Crippen molar-refractivity contribution in [1.82, 2.24) is 0 Å². The van der Waals surface area contributed by atoms with Crippen LogP contribution in [0.1, 0.15) is 33.0 Å². The molecule has 6 heteroatoms. The number of hydrogen-bond acceptors (Lipinski definition) is 4. The molecule has 122 valence electrons. The number of rotatable bonds is 4. The highest BCUT2D eigenvalue weighted by Gasteiger charge is 2.20. The van der Waals surface area contributed by atoms with Gasteiger partial charge < -0.3 is 14.5 Å². The first-order valence-corrected chi connectivity index (χ1v) is 7.47. The molecule has 2 rings (SSSR count). The minimum absolute atomic E-state index is 0.369. The molecule has 2 aromatic rings. The smallest absolute Gasteiger partial charge is 0.342 e. The van der Waals surface area contributed by atoms with Gasteiger partial charge in [0.25, 0.3) is 5.91 Å². The third kappa shape index (κ3) is 3.93. The summed E-state index contributed by atoms with van der Waals surface area (Å²) < 4.78 is 10.4. The summed E-state index contributed by atoms with van der Waals surface area (Å²) in [5.74, 6) is 0.131. The van der Waals surface area contributed by atoms with E-state index in [9.17, 15) is 9.59 Å². The molecule has 1 N–H and O–H groups in total. The Balaban J connectivity index is 1.96. The predicted molar refractivity (Wildman–Crippen MR) is 88.0 cm³/mol. The Morgan fingerprint density at radius 3 is 2.43 bits per heavy atom. The van der Waals surface area contributed by atoms with Crippen molar-refractivity contribution in [3.05, 3.63) is 51.4 Å². The van der Waals surface area contributed by atoms with Crippen LogP contribution in [0.2, 0.25) is 5.02 Å². The molecule has 0 bridgehead atoms. The van der Waals surface area contributed by atoms with Gasteiger partial charge in [0, 0.05) is 16.3 Å². The van der Waals surface area contributed by atoms with Crippen LogP contribution in [0.5, 0.6) is 0 Å². The predicted octanol–water partition coefficient (Wildman–Crippen LogP) is 3.96. The van der Waals surface area contributed by atoms with Gasteiger partial charge in [-0.2, -0.15) is 0 Å². The number of halogens is 1. The Morgan fingerprint density at radius 2 is 1.87 bits per heavy atom. The molecule has 0 aliphatic heterocycles. The Morgan fingerprint density at radius 1 is 1.17 bits per heavy atom. The van der Waals surface area contributed by atoms with E-state index in [0.29, 0.717) is 27.8 Å². The summed E-state index contributed by atoms with van der Waals surface area (Å²) in [6.45, 7) is 6.72. The van der Waals surface area contributed by atoms with Crippen molar-refractivity contribution < 1.29 is 18.7 Å². The SMILES string of the molecule is Cc1ccc(NC(=O)COC(=O)c2c(C)oc(C)c2C)cc1Cl. The Kier molecular flexibility index (Phi) is 5.11. The van der Waals surface area contributed by atoms with E-state index in [1.807, 2.05) is 6.92 Å². The van der Waals surface area contributed by atoms with E-state index in [1.54, 1.807) is 39.0 Å². The molecule has 0 radical (unpaired) electrons. The number of esters is 1. The van der Waals surface area contributed by atoms with Crippen LogP contribution in [-0.4, -0.2) is 18.5 Å². The van der Waals surface area contributed by atoms with Crippen LogP contribution < -0.4 is 5.32 Å². The highest BCUT2D eigenvalue weighted by atomic mass is 35.5. The van der Waals surface area contributed by atoms with E-state index < -0.39 is 11.9 Å². The van der Waals surface area contributed by atoms with Gasteiger partial charge in [0.05, 0.1) is 0 Å². The summed E-state index contributed by atoms with van der Waals surface area (Å²) in [7, 11) is 0. The number of furan rings is 1. The number of anilines is 1. The van der Waals surface area contributed by atoms with Gasteiger partial charge in [-0.15, -0.1) is 0 Å². The second-order valence-corrected chi connectivity index (χ2v) is 5.71. The maximum atomic E-state index is 12.1. The molecule has 0 aliphatic carbocycles. The minimum atomic E-state index is -0.575. The van der Waals surface area contributed by atoms with E-state index in [2.05, 4.69) is 5.32 Å². The molecule has 5 nitrogen and oxygen atoms in total. The number of benzene rings is 1. The molecule has 0 unspecified atom stereocenters. The van der Waals surface area contributed by atoms with Gasteiger partial charge in [0.2, 0.25) is 0 Å². The molecule has 1 amide bonds.